The lowest BCUT2D eigenvalue weighted by Gasteiger charge is -2.23. The zero-order chi connectivity index (χ0) is 21.9. The van der Waals surface area contributed by atoms with Gasteiger partial charge in [-0.2, -0.15) is 26.3 Å². The topological polar surface area (TPSA) is 59.8 Å². The number of benzene rings is 1. The van der Waals surface area contributed by atoms with E-state index in [2.05, 4.69) is 15.3 Å². The molecule has 1 atom stereocenters. The van der Waals surface area contributed by atoms with Crippen molar-refractivity contribution in [1.29, 1.82) is 0 Å². The number of carbonyl (C=O) groups is 1. The Balaban J connectivity index is 2.00. The molecule has 1 aromatic carbocycles. The van der Waals surface area contributed by atoms with E-state index >= 15 is 0 Å². The van der Waals surface area contributed by atoms with E-state index in [9.17, 15) is 31.1 Å². The number of alkyl halides is 6. The lowest BCUT2D eigenvalue weighted by atomic mass is 9.97. The van der Waals surface area contributed by atoms with Crippen LogP contribution < -0.4 is 5.32 Å². The van der Waals surface area contributed by atoms with E-state index < -0.39 is 41.1 Å². The highest BCUT2D eigenvalue weighted by Crippen LogP contribution is 2.36. The predicted molar refractivity (Wildman–Crippen MR) is 92.9 cm³/mol. The molecule has 0 bridgehead atoms. The van der Waals surface area contributed by atoms with E-state index in [1.165, 1.54) is 23.3 Å². The largest absolute Gasteiger partial charge is 0.418 e. The van der Waals surface area contributed by atoms with Crippen molar-refractivity contribution in [2.45, 2.75) is 24.9 Å². The first kappa shape index (κ1) is 21.3. The summed E-state index contributed by atoms with van der Waals surface area (Å²) in [6.45, 7) is -0.245. The van der Waals surface area contributed by atoms with Crippen molar-refractivity contribution in [2.24, 2.45) is 0 Å². The van der Waals surface area contributed by atoms with Gasteiger partial charge >= 0.3 is 12.4 Å². The van der Waals surface area contributed by atoms with Gasteiger partial charge in [0.15, 0.2) is 0 Å². The van der Waals surface area contributed by atoms with Gasteiger partial charge in [-0.25, -0.2) is 4.98 Å². The van der Waals surface area contributed by atoms with Gasteiger partial charge in [-0.15, -0.1) is 0 Å². The molecule has 1 N–H and O–H groups in total. The minimum absolute atomic E-state index is 0.0196. The van der Waals surface area contributed by atoms with Gasteiger partial charge in [0.25, 0.3) is 0 Å². The maximum absolute atomic E-state index is 13.5. The minimum atomic E-state index is -4.77. The fraction of sp³-hybridized carbons (Fsp3) is 0.211. The number of amides is 1. The number of hydrogen-bond donors (Lipinski definition) is 1. The smallest absolute Gasteiger partial charge is 0.342 e. The lowest BCUT2D eigenvalue weighted by Crippen LogP contribution is -2.33. The lowest BCUT2D eigenvalue weighted by molar-refractivity contribution is -0.139. The zero-order valence-corrected chi connectivity index (χ0v) is 15.1. The van der Waals surface area contributed by atoms with E-state index in [0.717, 1.165) is 42.6 Å². The normalized spacial score (nSPS) is 13.1. The van der Waals surface area contributed by atoms with Crippen molar-refractivity contribution in [1.82, 2.24) is 19.9 Å². The van der Waals surface area contributed by atoms with Crippen LogP contribution in [0.25, 0.3) is 0 Å². The van der Waals surface area contributed by atoms with Gasteiger partial charge in [0.05, 0.1) is 29.2 Å². The van der Waals surface area contributed by atoms with E-state index in [1.807, 2.05) is 0 Å². The van der Waals surface area contributed by atoms with Crippen LogP contribution in [0.3, 0.4) is 0 Å². The Morgan fingerprint density at radius 3 is 2.27 bits per heavy atom. The summed E-state index contributed by atoms with van der Waals surface area (Å²) in [5.41, 5.74) is -2.57. The number of hydrogen-bond acceptors (Lipinski definition) is 3. The Bertz CT molecular complexity index is 997. The monoisotopic (exact) mass is 428 g/mol. The molecule has 0 unspecified atom stereocenters. The van der Waals surface area contributed by atoms with Crippen LogP contribution >= 0.6 is 0 Å². The summed E-state index contributed by atoms with van der Waals surface area (Å²) in [5.74, 6) is -0.670. The molecule has 5 nitrogen and oxygen atoms in total. The summed E-state index contributed by atoms with van der Waals surface area (Å²) in [6.07, 6.45) is -4.03. The molecule has 11 heteroatoms. The van der Waals surface area contributed by atoms with Gasteiger partial charge in [0, 0.05) is 18.6 Å². The van der Waals surface area contributed by atoms with Gasteiger partial charge in [0.2, 0.25) is 5.91 Å². The number of carbonyl (C=O) groups excluding carboxylic acids is 1. The second-order valence-corrected chi connectivity index (χ2v) is 6.29. The average molecular weight is 428 g/mol. The first-order valence-corrected chi connectivity index (χ1v) is 8.50. The fourth-order valence-corrected chi connectivity index (χ4v) is 2.81. The highest BCUT2D eigenvalue weighted by atomic mass is 19.4. The van der Waals surface area contributed by atoms with Crippen LogP contribution in [-0.2, 0) is 23.7 Å². The zero-order valence-electron chi connectivity index (χ0n) is 15.1. The fourth-order valence-electron chi connectivity index (χ4n) is 2.81. The van der Waals surface area contributed by atoms with Crippen molar-refractivity contribution >= 4 is 5.91 Å². The molecule has 0 aliphatic carbocycles. The molecule has 0 radical (unpaired) electrons. The van der Waals surface area contributed by atoms with Crippen LogP contribution in [0.5, 0.6) is 0 Å². The molecule has 30 heavy (non-hydrogen) atoms. The SMILES string of the molecule is O=C(Cn1ccnc1)N[C@@H](c1ccc(C(F)(F)F)cc1)c1ncccc1C(F)(F)F. The van der Waals surface area contributed by atoms with Crippen molar-refractivity contribution in [3.8, 4) is 0 Å². The molecule has 2 heterocycles. The highest BCUT2D eigenvalue weighted by molar-refractivity contribution is 5.76. The van der Waals surface area contributed by atoms with Crippen LogP contribution in [0.1, 0.15) is 28.4 Å². The van der Waals surface area contributed by atoms with E-state index in [4.69, 9.17) is 0 Å². The minimum Gasteiger partial charge on any atom is -0.342 e. The second-order valence-electron chi connectivity index (χ2n) is 6.29. The first-order chi connectivity index (χ1) is 14.1. The molecule has 0 spiro atoms. The molecule has 3 aromatic rings. The molecule has 0 fully saturated rings. The summed E-state index contributed by atoms with van der Waals surface area (Å²) in [4.78, 5) is 19.9. The highest BCUT2D eigenvalue weighted by Gasteiger charge is 2.37. The predicted octanol–water partition coefficient (Wildman–Crippen LogP) is 4.22. The molecule has 0 saturated heterocycles. The molecule has 0 aliphatic heterocycles. The summed E-state index contributed by atoms with van der Waals surface area (Å²) < 4.78 is 80.4. The average Bonchev–Trinajstić information content (AvgIpc) is 3.18. The van der Waals surface area contributed by atoms with Gasteiger partial charge in [0.1, 0.15) is 6.54 Å². The van der Waals surface area contributed by atoms with Crippen LogP contribution in [0.2, 0.25) is 0 Å². The van der Waals surface area contributed by atoms with Gasteiger partial charge in [-0.05, 0) is 29.8 Å². The van der Waals surface area contributed by atoms with Gasteiger partial charge in [-0.3, -0.25) is 9.78 Å². The van der Waals surface area contributed by atoms with Crippen molar-refractivity contribution in [3.63, 3.8) is 0 Å². The number of pyridine rings is 1. The molecular formula is C19H14F6N4O. The second kappa shape index (κ2) is 8.17. The Morgan fingerprint density at radius 1 is 1.00 bits per heavy atom. The Kier molecular flexibility index (Phi) is 5.81. The van der Waals surface area contributed by atoms with E-state index in [-0.39, 0.29) is 12.1 Å². The molecular weight excluding hydrogens is 414 g/mol. The summed E-state index contributed by atoms with van der Waals surface area (Å²) >= 11 is 0. The number of aromatic nitrogens is 3. The van der Waals surface area contributed by atoms with Crippen molar-refractivity contribution in [3.05, 3.63) is 83.7 Å². The summed E-state index contributed by atoms with van der Waals surface area (Å²) in [6, 6.07) is 3.96. The molecule has 2 aromatic heterocycles. The summed E-state index contributed by atoms with van der Waals surface area (Å²) in [7, 11) is 0. The van der Waals surface area contributed by atoms with E-state index in [0.29, 0.717) is 0 Å². The van der Waals surface area contributed by atoms with Crippen LogP contribution in [0, 0.1) is 0 Å². The van der Waals surface area contributed by atoms with Gasteiger partial charge < -0.3 is 9.88 Å². The number of imidazole rings is 1. The third kappa shape index (κ3) is 4.97. The molecule has 1 amide bonds. The third-order valence-corrected chi connectivity index (χ3v) is 4.18. The molecule has 158 valence electrons. The number of halogens is 6. The standard InChI is InChI=1S/C19H14F6N4O/c20-18(21,22)13-5-3-12(4-6-13)16(28-15(30)10-29-9-8-26-11-29)17-14(19(23,24)25)2-1-7-27-17/h1-9,11,16H,10H2,(H,28,30)/t16-/m0/s1. The van der Waals surface area contributed by atoms with Gasteiger partial charge in [-0.1, -0.05) is 12.1 Å². The third-order valence-electron chi connectivity index (χ3n) is 4.18. The van der Waals surface area contributed by atoms with E-state index in [1.54, 1.807) is 0 Å². The maximum Gasteiger partial charge on any atom is 0.418 e. The quantitative estimate of drug-likeness (QED) is 0.619. The molecule has 0 aliphatic rings. The van der Waals surface area contributed by atoms with Crippen molar-refractivity contribution < 1.29 is 31.1 Å². The molecule has 3 rings (SSSR count). The maximum atomic E-state index is 13.5. The number of rotatable bonds is 5. The van der Waals surface area contributed by atoms with Crippen LogP contribution in [0.15, 0.2) is 61.3 Å². The molecule has 0 saturated carbocycles. The van der Waals surface area contributed by atoms with Crippen LogP contribution in [0.4, 0.5) is 26.3 Å². The Labute approximate surface area is 166 Å². The number of nitrogens with zero attached hydrogens (tertiary/aromatic N) is 3. The number of nitrogens with one attached hydrogen (secondary N) is 1. The summed E-state index contributed by atoms with van der Waals surface area (Å²) in [5, 5.41) is 2.43. The first-order valence-electron chi connectivity index (χ1n) is 8.50. The van der Waals surface area contributed by atoms with Crippen LogP contribution in [-0.4, -0.2) is 20.4 Å². The Morgan fingerprint density at radius 2 is 1.70 bits per heavy atom. The Hall–Kier alpha value is -3.37. The van der Waals surface area contributed by atoms with Crippen molar-refractivity contribution in [2.75, 3.05) is 0 Å².